The van der Waals surface area contributed by atoms with Gasteiger partial charge in [-0.25, -0.2) is 0 Å². The topological polar surface area (TPSA) is 47.6 Å². The van der Waals surface area contributed by atoms with Gasteiger partial charge in [0.1, 0.15) is 0 Å². The Morgan fingerprint density at radius 2 is 1.46 bits per heavy atom. The van der Waals surface area contributed by atoms with Gasteiger partial charge in [-0.05, 0) is 52.5 Å². The summed E-state index contributed by atoms with van der Waals surface area (Å²) in [5.74, 6) is 0.535. The number of rotatable bonds is 11. The molecule has 26 heavy (non-hydrogen) atoms. The highest BCUT2D eigenvalue weighted by molar-refractivity contribution is 5.76. The zero-order valence-electron chi connectivity index (χ0n) is 17.5. The molecule has 1 N–H and O–H groups in total. The van der Waals surface area contributed by atoms with Crippen LogP contribution in [0.25, 0.3) is 0 Å². The fraction of sp³-hybridized carbons (Fsp3) is 0.682. The molecule has 0 aliphatic heterocycles. The number of carbonyl (C=O) groups excluding carboxylic acids is 1. The van der Waals surface area contributed by atoms with Gasteiger partial charge in [-0.1, -0.05) is 44.2 Å². The van der Waals surface area contributed by atoms with Crippen LogP contribution < -0.4 is 5.32 Å². The largest absolute Gasteiger partial charge is 0.350 e. The van der Waals surface area contributed by atoms with Gasteiger partial charge in [-0.2, -0.15) is 0 Å². The van der Waals surface area contributed by atoms with Gasteiger partial charge in [0.2, 0.25) is 5.91 Å². The molecule has 4 nitrogen and oxygen atoms in total. The third-order valence-corrected chi connectivity index (χ3v) is 4.10. The summed E-state index contributed by atoms with van der Waals surface area (Å²) in [6.07, 6.45) is 1.03. The van der Waals surface area contributed by atoms with E-state index in [2.05, 4.69) is 19.2 Å². The molecule has 0 aliphatic rings. The summed E-state index contributed by atoms with van der Waals surface area (Å²) >= 11 is 0. The van der Waals surface area contributed by atoms with Crippen molar-refractivity contribution in [2.24, 2.45) is 11.8 Å². The molecule has 1 aromatic carbocycles. The van der Waals surface area contributed by atoms with E-state index in [9.17, 15) is 4.79 Å². The molecule has 2 atom stereocenters. The molecular weight excluding hydrogens is 326 g/mol. The second-order valence-corrected chi connectivity index (χ2v) is 8.03. The third kappa shape index (κ3) is 8.81. The molecule has 0 saturated heterocycles. The van der Waals surface area contributed by atoms with Crippen molar-refractivity contribution in [1.82, 2.24) is 5.32 Å². The summed E-state index contributed by atoms with van der Waals surface area (Å²) in [6, 6.07) is 10.0. The standard InChI is InChI=1S/C22H37NO3/c1-15(2)13-20(22(25-16(3)4)26-17(5)6)14-21(24)23-18(7)19-11-9-8-10-12-19/h8-12,15-18,20,22H,13-14H2,1-7H3,(H,23,24)/t18-,20?/m1/s1. The fourth-order valence-electron chi connectivity index (χ4n) is 3.05. The first-order valence-electron chi connectivity index (χ1n) is 9.84. The Morgan fingerprint density at radius 1 is 0.923 bits per heavy atom. The van der Waals surface area contributed by atoms with Crippen molar-refractivity contribution < 1.29 is 14.3 Å². The average Bonchev–Trinajstić information content (AvgIpc) is 2.53. The van der Waals surface area contributed by atoms with Gasteiger partial charge in [-0.15, -0.1) is 0 Å². The van der Waals surface area contributed by atoms with Crippen LogP contribution in [-0.2, 0) is 14.3 Å². The van der Waals surface area contributed by atoms with Crippen LogP contribution in [0.5, 0.6) is 0 Å². The van der Waals surface area contributed by atoms with Crippen LogP contribution in [0.2, 0.25) is 0 Å². The Kier molecular flexibility index (Phi) is 9.89. The Labute approximate surface area is 159 Å². The second kappa shape index (κ2) is 11.3. The van der Waals surface area contributed by atoms with E-state index in [1.165, 1.54) is 0 Å². The monoisotopic (exact) mass is 363 g/mol. The van der Waals surface area contributed by atoms with Gasteiger partial charge < -0.3 is 14.8 Å². The van der Waals surface area contributed by atoms with Gasteiger partial charge in [0.25, 0.3) is 0 Å². The highest BCUT2D eigenvalue weighted by atomic mass is 16.7. The van der Waals surface area contributed by atoms with E-state index < -0.39 is 0 Å². The van der Waals surface area contributed by atoms with E-state index in [4.69, 9.17) is 9.47 Å². The van der Waals surface area contributed by atoms with Crippen LogP contribution >= 0.6 is 0 Å². The third-order valence-electron chi connectivity index (χ3n) is 4.10. The van der Waals surface area contributed by atoms with E-state index >= 15 is 0 Å². The van der Waals surface area contributed by atoms with Crippen molar-refractivity contribution >= 4 is 5.91 Å². The lowest BCUT2D eigenvalue weighted by Crippen LogP contribution is -2.37. The first-order chi connectivity index (χ1) is 12.2. The molecule has 0 radical (unpaired) electrons. The van der Waals surface area contributed by atoms with Gasteiger partial charge in [0, 0.05) is 12.3 Å². The lowest BCUT2D eigenvalue weighted by molar-refractivity contribution is -0.211. The maximum absolute atomic E-state index is 12.7. The van der Waals surface area contributed by atoms with Crippen LogP contribution in [0.1, 0.15) is 72.9 Å². The Bertz CT molecular complexity index is 503. The zero-order chi connectivity index (χ0) is 19.7. The Hall–Kier alpha value is -1.39. The smallest absolute Gasteiger partial charge is 0.220 e. The molecule has 1 aromatic rings. The first-order valence-corrected chi connectivity index (χ1v) is 9.84. The lowest BCUT2D eigenvalue weighted by Gasteiger charge is -2.31. The van der Waals surface area contributed by atoms with Crippen molar-refractivity contribution in [1.29, 1.82) is 0 Å². The van der Waals surface area contributed by atoms with Crippen LogP contribution in [-0.4, -0.2) is 24.4 Å². The molecule has 0 heterocycles. The van der Waals surface area contributed by atoms with Crippen LogP contribution in [0.4, 0.5) is 0 Å². The molecule has 0 bridgehead atoms. The summed E-state index contributed by atoms with van der Waals surface area (Å²) in [5.41, 5.74) is 1.11. The van der Waals surface area contributed by atoms with E-state index in [0.717, 1.165) is 12.0 Å². The minimum atomic E-state index is -0.366. The molecule has 0 aliphatic carbocycles. The van der Waals surface area contributed by atoms with E-state index in [1.807, 2.05) is 65.0 Å². The van der Waals surface area contributed by atoms with Crippen molar-refractivity contribution in [2.75, 3.05) is 0 Å². The molecule has 148 valence electrons. The molecule has 1 rings (SSSR count). The number of carbonyl (C=O) groups is 1. The van der Waals surface area contributed by atoms with Crippen molar-refractivity contribution in [3.05, 3.63) is 35.9 Å². The number of amides is 1. The van der Waals surface area contributed by atoms with Crippen LogP contribution in [0.15, 0.2) is 30.3 Å². The van der Waals surface area contributed by atoms with Gasteiger partial charge in [0.15, 0.2) is 6.29 Å². The van der Waals surface area contributed by atoms with E-state index in [-0.39, 0.29) is 36.4 Å². The maximum Gasteiger partial charge on any atom is 0.220 e. The minimum Gasteiger partial charge on any atom is -0.350 e. The van der Waals surface area contributed by atoms with E-state index in [1.54, 1.807) is 0 Å². The number of hydrogen-bond acceptors (Lipinski definition) is 3. The molecular formula is C22H37NO3. The molecule has 1 unspecified atom stereocenters. The van der Waals surface area contributed by atoms with E-state index in [0.29, 0.717) is 12.3 Å². The molecule has 0 fully saturated rings. The number of hydrogen-bond donors (Lipinski definition) is 1. The highest BCUT2D eigenvalue weighted by Crippen LogP contribution is 2.25. The SMILES string of the molecule is CC(C)CC(CC(=O)N[C@H](C)c1ccccc1)C(OC(C)C)OC(C)C. The van der Waals surface area contributed by atoms with Gasteiger partial charge in [0.05, 0.1) is 18.2 Å². The summed E-state index contributed by atoms with van der Waals surface area (Å²) < 4.78 is 12.0. The van der Waals surface area contributed by atoms with Crippen molar-refractivity contribution in [3.8, 4) is 0 Å². The highest BCUT2D eigenvalue weighted by Gasteiger charge is 2.28. The maximum atomic E-state index is 12.7. The van der Waals surface area contributed by atoms with Gasteiger partial charge >= 0.3 is 0 Å². The summed E-state index contributed by atoms with van der Waals surface area (Å²) in [5, 5.41) is 3.11. The number of nitrogens with one attached hydrogen (secondary N) is 1. The Balaban J connectivity index is 2.78. The normalized spacial score (nSPS) is 14.3. The molecule has 4 heteroatoms. The first kappa shape index (κ1) is 22.7. The van der Waals surface area contributed by atoms with Gasteiger partial charge in [-0.3, -0.25) is 4.79 Å². The quantitative estimate of drug-likeness (QED) is 0.557. The summed E-state index contributed by atoms with van der Waals surface area (Å²) in [4.78, 5) is 12.7. The predicted octanol–water partition coefficient (Wildman–Crippen LogP) is 5.09. The zero-order valence-corrected chi connectivity index (χ0v) is 17.5. The Morgan fingerprint density at radius 3 is 1.92 bits per heavy atom. The average molecular weight is 364 g/mol. The predicted molar refractivity (Wildman–Crippen MR) is 107 cm³/mol. The number of ether oxygens (including phenoxy) is 2. The molecule has 0 aromatic heterocycles. The lowest BCUT2D eigenvalue weighted by atomic mass is 9.92. The van der Waals surface area contributed by atoms with Crippen LogP contribution in [0, 0.1) is 11.8 Å². The second-order valence-electron chi connectivity index (χ2n) is 8.03. The summed E-state index contributed by atoms with van der Waals surface area (Å²) in [6.45, 7) is 14.3. The van der Waals surface area contributed by atoms with Crippen molar-refractivity contribution in [2.45, 2.75) is 85.8 Å². The molecule has 0 spiro atoms. The number of benzene rings is 1. The molecule has 0 saturated carbocycles. The fourth-order valence-corrected chi connectivity index (χ4v) is 3.05. The van der Waals surface area contributed by atoms with Crippen LogP contribution in [0.3, 0.4) is 0 Å². The van der Waals surface area contributed by atoms with Crippen molar-refractivity contribution in [3.63, 3.8) is 0 Å². The summed E-state index contributed by atoms with van der Waals surface area (Å²) in [7, 11) is 0. The molecule has 1 amide bonds. The minimum absolute atomic E-state index is 0.0149.